The Morgan fingerprint density at radius 2 is 2.12 bits per heavy atom. The molecule has 0 radical (unpaired) electrons. The Balaban J connectivity index is 1.76. The van der Waals surface area contributed by atoms with Crippen LogP contribution in [0.2, 0.25) is 0 Å². The molecule has 1 fully saturated rings. The molecule has 2 aromatic heterocycles. The highest BCUT2D eigenvalue weighted by Crippen LogP contribution is 2.29. The molecule has 0 aliphatic carbocycles. The van der Waals surface area contributed by atoms with Crippen molar-refractivity contribution in [1.82, 2.24) is 19.5 Å². The second-order valence-electron chi connectivity index (χ2n) is 5.62. The van der Waals surface area contributed by atoms with Crippen LogP contribution in [0.3, 0.4) is 0 Å². The van der Waals surface area contributed by atoms with Gasteiger partial charge in [-0.15, -0.1) is 12.6 Å². The summed E-state index contributed by atoms with van der Waals surface area (Å²) in [4.78, 5) is 13.0. The largest absolute Gasteiger partial charge is 0.358 e. The number of anilines is 2. The molecule has 1 aromatic carbocycles. The molecule has 0 spiro atoms. The van der Waals surface area contributed by atoms with E-state index in [1.54, 1.807) is 24.5 Å². The first-order valence-electron chi connectivity index (χ1n) is 7.79. The van der Waals surface area contributed by atoms with Crippen LogP contribution in [0, 0.1) is 5.82 Å². The number of ether oxygens (including phenoxy) is 1. The predicted octanol–water partition coefficient (Wildman–Crippen LogP) is 3.70. The van der Waals surface area contributed by atoms with E-state index in [0.29, 0.717) is 27.8 Å². The van der Waals surface area contributed by atoms with Crippen molar-refractivity contribution in [3.05, 3.63) is 36.4 Å². The molecule has 4 rings (SSSR count). The van der Waals surface area contributed by atoms with E-state index in [9.17, 15) is 4.39 Å². The summed E-state index contributed by atoms with van der Waals surface area (Å²) in [6, 6.07) is 6.41. The van der Waals surface area contributed by atoms with Crippen LogP contribution in [0.5, 0.6) is 0 Å². The number of aromatic nitrogens is 4. The van der Waals surface area contributed by atoms with Crippen LogP contribution in [0.25, 0.3) is 11.2 Å². The highest BCUT2D eigenvalue weighted by atomic mass is 32.1. The van der Waals surface area contributed by atoms with E-state index < -0.39 is 0 Å². The molecule has 24 heavy (non-hydrogen) atoms. The number of benzene rings is 1. The Kier molecular flexibility index (Phi) is 4.07. The molecule has 1 unspecified atom stereocenters. The summed E-state index contributed by atoms with van der Waals surface area (Å²) in [5.41, 5.74) is 1.51. The average Bonchev–Trinajstić information content (AvgIpc) is 3.01. The fourth-order valence-corrected chi connectivity index (χ4v) is 3.03. The van der Waals surface area contributed by atoms with Crippen LogP contribution in [0.4, 0.5) is 15.9 Å². The maximum absolute atomic E-state index is 13.9. The Labute approximate surface area is 143 Å². The van der Waals surface area contributed by atoms with Crippen molar-refractivity contribution >= 4 is 35.3 Å². The lowest BCUT2D eigenvalue weighted by Gasteiger charge is -2.23. The Morgan fingerprint density at radius 1 is 1.25 bits per heavy atom. The van der Waals surface area contributed by atoms with E-state index in [1.807, 2.05) is 4.57 Å². The van der Waals surface area contributed by atoms with Crippen LogP contribution in [0.15, 0.2) is 35.7 Å². The summed E-state index contributed by atoms with van der Waals surface area (Å²) >= 11 is 4.27. The van der Waals surface area contributed by atoms with Crippen LogP contribution >= 0.6 is 12.6 Å². The van der Waals surface area contributed by atoms with Crippen molar-refractivity contribution < 1.29 is 9.13 Å². The Morgan fingerprint density at radius 3 is 2.92 bits per heavy atom. The number of hydrogen-bond donors (Lipinski definition) is 2. The third kappa shape index (κ3) is 2.83. The molecule has 8 heteroatoms. The van der Waals surface area contributed by atoms with Crippen LogP contribution in [-0.4, -0.2) is 26.1 Å². The zero-order valence-electron chi connectivity index (χ0n) is 12.8. The molecule has 124 valence electrons. The van der Waals surface area contributed by atoms with Crippen LogP contribution in [0.1, 0.15) is 25.5 Å². The molecular formula is C16H16FN5OS. The second kappa shape index (κ2) is 6.37. The normalized spacial score (nSPS) is 18.0. The van der Waals surface area contributed by atoms with Gasteiger partial charge in [0.1, 0.15) is 12.0 Å². The number of thiol groups is 1. The topological polar surface area (TPSA) is 64.9 Å². The Bertz CT molecular complexity index is 878. The van der Waals surface area contributed by atoms with Crippen molar-refractivity contribution in [3.63, 3.8) is 0 Å². The number of nitrogens with zero attached hydrogens (tertiary/aromatic N) is 4. The molecule has 3 heterocycles. The molecule has 1 aliphatic heterocycles. The van der Waals surface area contributed by atoms with Crippen molar-refractivity contribution in [2.24, 2.45) is 0 Å². The zero-order chi connectivity index (χ0) is 16.5. The standard InChI is InChI=1S/C16H16FN5OS/c17-10-5-1-2-6-11(10)19-14-13-15(21-16(24)20-14)22(9-18-13)12-7-3-4-8-23-12/h1-2,5-6,9,12H,3-4,7-8H2,(H2,19,20,21,24). The minimum atomic E-state index is -0.361. The summed E-state index contributed by atoms with van der Waals surface area (Å²) in [6.07, 6.45) is 4.68. The van der Waals surface area contributed by atoms with E-state index in [0.717, 1.165) is 25.9 Å². The van der Waals surface area contributed by atoms with Crippen molar-refractivity contribution in [1.29, 1.82) is 0 Å². The minimum absolute atomic E-state index is 0.0901. The van der Waals surface area contributed by atoms with Gasteiger partial charge in [-0.05, 0) is 31.4 Å². The van der Waals surface area contributed by atoms with Gasteiger partial charge in [0, 0.05) is 6.61 Å². The van der Waals surface area contributed by atoms with E-state index in [1.165, 1.54) is 6.07 Å². The van der Waals surface area contributed by atoms with Crippen molar-refractivity contribution in [3.8, 4) is 0 Å². The molecule has 0 amide bonds. The molecule has 1 atom stereocenters. The minimum Gasteiger partial charge on any atom is -0.358 e. The summed E-state index contributed by atoms with van der Waals surface area (Å²) in [7, 11) is 0. The first-order chi connectivity index (χ1) is 11.7. The van der Waals surface area contributed by atoms with Crippen LogP contribution < -0.4 is 5.32 Å². The van der Waals surface area contributed by atoms with Gasteiger partial charge >= 0.3 is 0 Å². The summed E-state index contributed by atoms with van der Waals surface area (Å²) in [6.45, 7) is 0.726. The molecule has 1 aliphatic rings. The van der Waals surface area contributed by atoms with Gasteiger partial charge in [0.15, 0.2) is 22.1 Å². The number of imidazole rings is 1. The lowest BCUT2D eigenvalue weighted by atomic mass is 10.2. The third-order valence-electron chi connectivity index (χ3n) is 4.00. The van der Waals surface area contributed by atoms with E-state index in [-0.39, 0.29) is 12.0 Å². The Hall–Kier alpha value is -2.19. The average molecular weight is 345 g/mol. The third-order valence-corrected chi connectivity index (χ3v) is 4.20. The maximum atomic E-state index is 13.9. The molecule has 1 saturated heterocycles. The molecule has 6 nitrogen and oxygen atoms in total. The van der Waals surface area contributed by atoms with Gasteiger partial charge in [-0.1, -0.05) is 12.1 Å². The lowest BCUT2D eigenvalue weighted by molar-refractivity contribution is -0.0298. The smallest absolute Gasteiger partial charge is 0.188 e. The zero-order valence-corrected chi connectivity index (χ0v) is 13.7. The molecule has 3 aromatic rings. The summed E-state index contributed by atoms with van der Waals surface area (Å²) < 4.78 is 21.6. The van der Waals surface area contributed by atoms with Gasteiger partial charge in [0.05, 0.1) is 12.0 Å². The molecule has 0 saturated carbocycles. The number of nitrogens with one attached hydrogen (secondary N) is 1. The van der Waals surface area contributed by atoms with Gasteiger partial charge in [-0.3, -0.25) is 4.57 Å². The first-order valence-corrected chi connectivity index (χ1v) is 8.24. The first kappa shape index (κ1) is 15.3. The van der Waals surface area contributed by atoms with Gasteiger partial charge in [0.25, 0.3) is 0 Å². The number of rotatable bonds is 3. The van der Waals surface area contributed by atoms with E-state index >= 15 is 0 Å². The van der Waals surface area contributed by atoms with Crippen LogP contribution in [-0.2, 0) is 4.74 Å². The molecule has 1 N–H and O–H groups in total. The highest BCUT2D eigenvalue weighted by Gasteiger charge is 2.21. The molecule has 0 bridgehead atoms. The summed E-state index contributed by atoms with van der Waals surface area (Å²) in [5.74, 6) is 0.0599. The van der Waals surface area contributed by atoms with Crippen molar-refractivity contribution in [2.75, 3.05) is 11.9 Å². The predicted molar refractivity (Wildman–Crippen MR) is 91.1 cm³/mol. The summed E-state index contributed by atoms with van der Waals surface area (Å²) in [5, 5.41) is 3.27. The highest BCUT2D eigenvalue weighted by molar-refractivity contribution is 7.80. The molecular weight excluding hydrogens is 329 g/mol. The quantitative estimate of drug-likeness (QED) is 0.560. The van der Waals surface area contributed by atoms with Gasteiger partial charge < -0.3 is 10.1 Å². The van der Waals surface area contributed by atoms with E-state index in [4.69, 9.17) is 4.74 Å². The maximum Gasteiger partial charge on any atom is 0.188 e. The SMILES string of the molecule is Fc1ccccc1Nc1nc(S)nc2c1ncn2C1CCCCO1. The number of fused-ring (bicyclic) bond motifs is 1. The fourth-order valence-electron chi connectivity index (χ4n) is 2.84. The van der Waals surface area contributed by atoms with Crippen molar-refractivity contribution in [2.45, 2.75) is 30.6 Å². The number of halogens is 1. The number of para-hydroxylation sites is 1. The van der Waals surface area contributed by atoms with Gasteiger partial charge in [-0.25, -0.2) is 19.3 Å². The monoisotopic (exact) mass is 345 g/mol. The lowest BCUT2D eigenvalue weighted by Crippen LogP contribution is -2.17. The van der Waals surface area contributed by atoms with E-state index in [2.05, 4.69) is 32.9 Å². The second-order valence-corrected chi connectivity index (χ2v) is 6.02. The number of hydrogen-bond acceptors (Lipinski definition) is 6. The van der Waals surface area contributed by atoms with Gasteiger partial charge in [-0.2, -0.15) is 0 Å². The van der Waals surface area contributed by atoms with Gasteiger partial charge in [0.2, 0.25) is 0 Å². The fraction of sp³-hybridized carbons (Fsp3) is 0.312.